The van der Waals surface area contributed by atoms with Gasteiger partial charge in [-0.1, -0.05) is 29.8 Å². The van der Waals surface area contributed by atoms with Gasteiger partial charge in [-0.3, -0.25) is 4.79 Å². The van der Waals surface area contributed by atoms with Crippen LogP contribution >= 0.6 is 0 Å². The molecule has 1 amide bonds. The quantitative estimate of drug-likeness (QED) is 0.912. The van der Waals surface area contributed by atoms with Crippen molar-refractivity contribution in [2.75, 3.05) is 0 Å². The average molecular weight is 301 g/mol. The van der Waals surface area contributed by atoms with Crippen LogP contribution in [0.5, 0.6) is 5.75 Å². The lowest BCUT2D eigenvalue weighted by molar-refractivity contribution is -0.127. The molecule has 2 rings (SSSR count). The smallest absolute Gasteiger partial charge is 0.261 e. The zero-order chi connectivity index (χ0) is 16.1. The summed E-state index contributed by atoms with van der Waals surface area (Å²) in [7, 11) is 0. The van der Waals surface area contributed by atoms with E-state index >= 15 is 0 Å². The predicted molar refractivity (Wildman–Crippen MR) is 84.2 cm³/mol. The number of aryl methyl sites for hydroxylation is 1. The van der Waals surface area contributed by atoms with E-state index < -0.39 is 6.10 Å². The Morgan fingerprint density at radius 2 is 1.64 bits per heavy atom. The second kappa shape index (κ2) is 7.07. The minimum Gasteiger partial charge on any atom is -0.481 e. The van der Waals surface area contributed by atoms with Gasteiger partial charge >= 0.3 is 0 Å². The fourth-order valence-corrected chi connectivity index (χ4v) is 2.04. The average Bonchev–Trinajstić information content (AvgIpc) is 2.50. The van der Waals surface area contributed by atoms with Crippen LogP contribution in [0.25, 0.3) is 0 Å². The Bertz CT molecular complexity index is 623. The van der Waals surface area contributed by atoms with Crippen LogP contribution in [0.15, 0.2) is 48.5 Å². The molecule has 0 aromatic heterocycles. The number of hydrogen-bond acceptors (Lipinski definition) is 2. The topological polar surface area (TPSA) is 38.3 Å². The summed E-state index contributed by atoms with van der Waals surface area (Å²) in [5, 5.41) is 2.86. The highest BCUT2D eigenvalue weighted by molar-refractivity contribution is 5.81. The molecule has 2 aromatic rings. The van der Waals surface area contributed by atoms with Gasteiger partial charge in [0.2, 0.25) is 0 Å². The molecular weight excluding hydrogens is 281 g/mol. The highest BCUT2D eigenvalue weighted by Crippen LogP contribution is 2.15. The summed E-state index contributed by atoms with van der Waals surface area (Å²) in [5.41, 5.74) is 1.98. The molecule has 0 aliphatic heterocycles. The number of benzene rings is 2. The molecule has 116 valence electrons. The van der Waals surface area contributed by atoms with Crippen molar-refractivity contribution in [2.45, 2.75) is 32.9 Å². The number of carbonyl (C=O) groups excluding carboxylic acids is 1. The fourth-order valence-electron chi connectivity index (χ4n) is 2.04. The number of carbonyl (C=O) groups is 1. The zero-order valence-electron chi connectivity index (χ0n) is 13.0. The maximum absolute atomic E-state index is 12.9. The van der Waals surface area contributed by atoms with Gasteiger partial charge in [0.15, 0.2) is 6.10 Å². The van der Waals surface area contributed by atoms with Gasteiger partial charge in [0, 0.05) is 0 Å². The van der Waals surface area contributed by atoms with Crippen molar-refractivity contribution in [3.63, 3.8) is 0 Å². The summed E-state index contributed by atoms with van der Waals surface area (Å²) in [5.74, 6) is 0.151. The molecule has 0 bridgehead atoms. The predicted octanol–water partition coefficient (Wildman–Crippen LogP) is 3.78. The van der Waals surface area contributed by atoms with Gasteiger partial charge in [0.05, 0.1) is 6.04 Å². The van der Waals surface area contributed by atoms with Gasteiger partial charge < -0.3 is 10.1 Å². The summed E-state index contributed by atoms with van der Waals surface area (Å²) in [4.78, 5) is 12.2. The van der Waals surface area contributed by atoms with Crippen molar-refractivity contribution in [2.24, 2.45) is 0 Å². The highest BCUT2D eigenvalue weighted by atomic mass is 19.1. The molecule has 0 spiro atoms. The molecule has 0 radical (unpaired) electrons. The molecular formula is C18H20FNO2. The summed E-state index contributed by atoms with van der Waals surface area (Å²) in [6, 6.07) is 13.4. The Morgan fingerprint density at radius 1 is 1.05 bits per heavy atom. The van der Waals surface area contributed by atoms with Crippen LogP contribution in [-0.4, -0.2) is 12.0 Å². The molecule has 3 nitrogen and oxygen atoms in total. The van der Waals surface area contributed by atoms with Crippen molar-refractivity contribution < 1.29 is 13.9 Å². The van der Waals surface area contributed by atoms with Crippen molar-refractivity contribution in [1.82, 2.24) is 5.32 Å². The molecule has 1 N–H and O–H groups in total. The van der Waals surface area contributed by atoms with E-state index in [9.17, 15) is 9.18 Å². The fraction of sp³-hybridized carbons (Fsp3) is 0.278. The number of halogens is 1. The summed E-state index contributed by atoms with van der Waals surface area (Å²) in [6.45, 7) is 5.54. The van der Waals surface area contributed by atoms with E-state index in [-0.39, 0.29) is 17.8 Å². The lowest BCUT2D eigenvalue weighted by Crippen LogP contribution is -2.37. The van der Waals surface area contributed by atoms with Crippen molar-refractivity contribution in [1.29, 1.82) is 0 Å². The summed E-state index contributed by atoms with van der Waals surface area (Å²) < 4.78 is 18.5. The van der Waals surface area contributed by atoms with Gasteiger partial charge in [0.25, 0.3) is 5.91 Å². The van der Waals surface area contributed by atoms with Crippen molar-refractivity contribution >= 4 is 5.91 Å². The van der Waals surface area contributed by atoms with E-state index in [2.05, 4.69) is 5.32 Å². The lowest BCUT2D eigenvalue weighted by Gasteiger charge is -2.19. The molecule has 0 saturated heterocycles. The zero-order valence-corrected chi connectivity index (χ0v) is 13.0. The molecule has 0 aliphatic rings. The Labute approximate surface area is 130 Å². The number of amides is 1. The molecule has 22 heavy (non-hydrogen) atoms. The minimum absolute atomic E-state index is 0.211. The normalized spacial score (nSPS) is 13.3. The van der Waals surface area contributed by atoms with E-state index in [1.54, 1.807) is 19.1 Å². The molecule has 4 heteroatoms. The monoisotopic (exact) mass is 301 g/mol. The third-order valence-electron chi connectivity index (χ3n) is 3.43. The number of hydrogen-bond donors (Lipinski definition) is 1. The van der Waals surface area contributed by atoms with Crippen molar-refractivity contribution in [3.8, 4) is 5.75 Å². The summed E-state index contributed by atoms with van der Waals surface area (Å²) >= 11 is 0. The first-order chi connectivity index (χ1) is 10.5. The van der Waals surface area contributed by atoms with Gasteiger partial charge in [-0.25, -0.2) is 4.39 Å². The molecule has 0 aliphatic carbocycles. The van der Waals surface area contributed by atoms with E-state index in [4.69, 9.17) is 4.74 Å². The Morgan fingerprint density at radius 3 is 2.23 bits per heavy atom. The van der Waals surface area contributed by atoms with Gasteiger partial charge in [-0.05, 0) is 50.6 Å². The van der Waals surface area contributed by atoms with Crippen molar-refractivity contribution in [3.05, 3.63) is 65.5 Å². The van der Waals surface area contributed by atoms with Crippen LogP contribution in [0.3, 0.4) is 0 Å². The van der Waals surface area contributed by atoms with Crippen LogP contribution in [0.1, 0.15) is 31.0 Å². The molecule has 0 heterocycles. The first-order valence-electron chi connectivity index (χ1n) is 7.25. The van der Waals surface area contributed by atoms with Crippen LogP contribution in [-0.2, 0) is 4.79 Å². The molecule has 0 saturated carbocycles. The van der Waals surface area contributed by atoms with E-state index in [0.29, 0.717) is 5.75 Å². The maximum Gasteiger partial charge on any atom is 0.261 e. The molecule has 0 unspecified atom stereocenters. The number of nitrogens with one attached hydrogen (secondary N) is 1. The minimum atomic E-state index is -0.606. The summed E-state index contributed by atoms with van der Waals surface area (Å²) in [6.07, 6.45) is -0.606. The van der Waals surface area contributed by atoms with Crippen LogP contribution in [0.2, 0.25) is 0 Å². The number of ether oxygens (including phenoxy) is 1. The molecule has 0 fully saturated rings. The third kappa shape index (κ3) is 4.32. The van der Waals surface area contributed by atoms with E-state index in [1.807, 2.05) is 38.1 Å². The standard InChI is InChI=1S/C18H20FNO2/c1-12-4-10-17(11-5-12)22-14(3)18(21)20-13(2)15-6-8-16(19)9-7-15/h4-11,13-14H,1-3H3,(H,20,21)/t13-,14-/m1/s1. The van der Waals surface area contributed by atoms with Gasteiger partial charge in [0.1, 0.15) is 11.6 Å². The maximum atomic E-state index is 12.9. The first-order valence-corrected chi connectivity index (χ1v) is 7.25. The van der Waals surface area contributed by atoms with Crippen LogP contribution in [0.4, 0.5) is 4.39 Å². The first kappa shape index (κ1) is 16.0. The van der Waals surface area contributed by atoms with Crippen LogP contribution in [0, 0.1) is 12.7 Å². The van der Waals surface area contributed by atoms with Gasteiger partial charge in [-0.2, -0.15) is 0 Å². The Hall–Kier alpha value is -2.36. The molecule has 2 atom stereocenters. The highest BCUT2D eigenvalue weighted by Gasteiger charge is 2.17. The van der Waals surface area contributed by atoms with Crippen LogP contribution < -0.4 is 10.1 Å². The van der Waals surface area contributed by atoms with Gasteiger partial charge in [-0.15, -0.1) is 0 Å². The largest absolute Gasteiger partial charge is 0.481 e. The Balaban J connectivity index is 1.93. The van der Waals surface area contributed by atoms with E-state index in [0.717, 1.165) is 11.1 Å². The third-order valence-corrected chi connectivity index (χ3v) is 3.43. The molecule has 2 aromatic carbocycles. The SMILES string of the molecule is Cc1ccc(O[C@H](C)C(=O)N[C@H](C)c2ccc(F)cc2)cc1. The number of rotatable bonds is 5. The second-order valence-electron chi connectivity index (χ2n) is 5.35. The lowest BCUT2D eigenvalue weighted by atomic mass is 10.1. The van der Waals surface area contributed by atoms with E-state index in [1.165, 1.54) is 12.1 Å². The Kier molecular flexibility index (Phi) is 5.15. The second-order valence-corrected chi connectivity index (χ2v) is 5.35.